The molecule has 0 radical (unpaired) electrons. The van der Waals surface area contributed by atoms with Crippen LogP contribution in [0.2, 0.25) is 0 Å². The maximum Gasteiger partial charge on any atom is 0.328 e. The largest absolute Gasteiger partial charge is 0.328 e. The van der Waals surface area contributed by atoms with Gasteiger partial charge >= 0.3 is 5.69 Å². The topological polar surface area (TPSA) is 66.9 Å². The van der Waals surface area contributed by atoms with E-state index in [9.17, 15) is 9.59 Å². The van der Waals surface area contributed by atoms with E-state index in [0.717, 1.165) is 19.4 Å². The summed E-state index contributed by atoms with van der Waals surface area (Å²) in [6.07, 6.45) is 4.57. The van der Waals surface area contributed by atoms with Crippen molar-refractivity contribution in [2.24, 2.45) is 0 Å². The van der Waals surface area contributed by atoms with E-state index in [1.54, 1.807) is 10.8 Å². The minimum absolute atomic E-state index is 0.261. The molecule has 1 saturated heterocycles. The van der Waals surface area contributed by atoms with Gasteiger partial charge in [-0.3, -0.25) is 14.3 Å². The molecule has 1 atom stereocenters. The van der Waals surface area contributed by atoms with Crippen LogP contribution in [0.3, 0.4) is 0 Å². The quantitative estimate of drug-likeness (QED) is 0.749. The van der Waals surface area contributed by atoms with Gasteiger partial charge in [0.25, 0.3) is 5.56 Å². The highest BCUT2D eigenvalue weighted by atomic mass is 16.2. The predicted octanol–water partition coefficient (Wildman–Crippen LogP) is -0.149. The molecule has 2 N–H and O–H groups in total. The van der Waals surface area contributed by atoms with Crippen molar-refractivity contribution in [1.82, 2.24) is 14.9 Å². The Kier molecular flexibility index (Phi) is 3.24. The summed E-state index contributed by atoms with van der Waals surface area (Å²) in [7, 11) is 0. The molecule has 1 aromatic heterocycles. The van der Waals surface area contributed by atoms with E-state index in [1.807, 2.05) is 6.92 Å². The molecule has 16 heavy (non-hydrogen) atoms. The SMILES string of the molecule is CCc1cn(C[C@H]2CCCN2)c(=O)[nH]c1=O. The van der Waals surface area contributed by atoms with Crippen molar-refractivity contribution in [3.05, 3.63) is 32.6 Å². The Labute approximate surface area is 93.5 Å². The van der Waals surface area contributed by atoms with Gasteiger partial charge in [0, 0.05) is 24.3 Å². The highest BCUT2D eigenvalue weighted by Crippen LogP contribution is 2.06. The number of H-pyrrole nitrogens is 1. The first-order valence-electron chi connectivity index (χ1n) is 5.76. The summed E-state index contributed by atoms with van der Waals surface area (Å²) in [5.74, 6) is 0. The zero-order chi connectivity index (χ0) is 11.5. The van der Waals surface area contributed by atoms with Crippen LogP contribution >= 0.6 is 0 Å². The molecule has 2 rings (SSSR count). The number of nitrogens with one attached hydrogen (secondary N) is 2. The monoisotopic (exact) mass is 223 g/mol. The van der Waals surface area contributed by atoms with Crippen molar-refractivity contribution in [3.63, 3.8) is 0 Å². The van der Waals surface area contributed by atoms with Gasteiger partial charge in [0.2, 0.25) is 0 Å². The summed E-state index contributed by atoms with van der Waals surface area (Å²) in [6.45, 7) is 3.57. The van der Waals surface area contributed by atoms with Gasteiger partial charge in [0.1, 0.15) is 0 Å². The molecular weight excluding hydrogens is 206 g/mol. The van der Waals surface area contributed by atoms with Crippen molar-refractivity contribution in [3.8, 4) is 0 Å². The lowest BCUT2D eigenvalue weighted by Gasteiger charge is -2.12. The molecule has 5 heteroatoms. The van der Waals surface area contributed by atoms with E-state index in [2.05, 4.69) is 10.3 Å². The van der Waals surface area contributed by atoms with Gasteiger partial charge in [-0.2, -0.15) is 0 Å². The average molecular weight is 223 g/mol. The molecular formula is C11H17N3O2. The van der Waals surface area contributed by atoms with Gasteiger partial charge in [-0.15, -0.1) is 0 Å². The lowest BCUT2D eigenvalue weighted by molar-refractivity contribution is 0.490. The van der Waals surface area contributed by atoms with Gasteiger partial charge in [-0.25, -0.2) is 4.79 Å². The zero-order valence-corrected chi connectivity index (χ0v) is 9.45. The van der Waals surface area contributed by atoms with Crippen LogP contribution in [-0.4, -0.2) is 22.1 Å². The smallest absolute Gasteiger partial charge is 0.312 e. The summed E-state index contributed by atoms with van der Waals surface area (Å²) in [4.78, 5) is 25.3. The highest BCUT2D eigenvalue weighted by molar-refractivity contribution is 5.04. The number of hydrogen-bond donors (Lipinski definition) is 2. The molecule has 2 heterocycles. The minimum Gasteiger partial charge on any atom is -0.312 e. The Bertz CT molecular complexity index is 469. The fraction of sp³-hybridized carbons (Fsp3) is 0.636. The summed E-state index contributed by atoms with van der Waals surface area (Å²) >= 11 is 0. The predicted molar refractivity (Wildman–Crippen MR) is 61.7 cm³/mol. The third-order valence-electron chi connectivity index (χ3n) is 3.05. The van der Waals surface area contributed by atoms with Gasteiger partial charge in [0.15, 0.2) is 0 Å². The molecule has 5 nitrogen and oxygen atoms in total. The van der Waals surface area contributed by atoms with Crippen molar-refractivity contribution < 1.29 is 0 Å². The molecule has 0 spiro atoms. The molecule has 0 saturated carbocycles. The van der Waals surface area contributed by atoms with Crippen LogP contribution in [0.4, 0.5) is 0 Å². The molecule has 1 fully saturated rings. The van der Waals surface area contributed by atoms with E-state index in [0.29, 0.717) is 24.6 Å². The second-order valence-electron chi connectivity index (χ2n) is 4.21. The maximum absolute atomic E-state index is 11.6. The lowest BCUT2D eigenvalue weighted by atomic mass is 10.2. The summed E-state index contributed by atoms with van der Waals surface area (Å²) < 4.78 is 1.60. The van der Waals surface area contributed by atoms with Crippen LogP contribution in [-0.2, 0) is 13.0 Å². The third kappa shape index (κ3) is 2.24. The van der Waals surface area contributed by atoms with Crippen LogP contribution in [0.5, 0.6) is 0 Å². The third-order valence-corrected chi connectivity index (χ3v) is 3.05. The van der Waals surface area contributed by atoms with E-state index in [-0.39, 0.29) is 11.2 Å². The molecule has 0 aromatic carbocycles. The standard InChI is InChI=1S/C11H17N3O2/c1-2-8-6-14(11(16)13-10(8)15)7-9-4-3-5-12-9/h6,9,12H,2-5,7H2,1H3,(H,13,15,16)/t9-/m1/s1. The van der Waals surface area contributed by atoms with Crippen LogP contribution in [0, 0.1) is 0 Å². The van der Waals surface area contributed by atoms with Gasteiger partial charge < -0.3 is 5.32 Å². The van der Waals surface area contributed by atoms with Crippen molar-refractivity contribution in [2.45, 2.75) is 38.8 Å². The Morgan fingerprint density at radius 1 is 1.50 bits per heavy atom. The Hall–Kier alpha value is -1.36. The normalized spacial score (nSPS) is 20.2. The summed E-state index contributed by atoms with van der Waals surface area (Å²) in [5.41, 5.74) is 0.0941. The number of nitrogens with zero attached hydrogens (tertiary/aromatic N) is 1. The zero-order valence-electron chi connectivity index (χ0n) is 9.45. The van der Waals surface area contributed by atoms with Gasteiger partial charge in [0.05, 0.1) is 0 Å². The molecule has 1 aromatic rings. The first kappa shape index (κ1) is 11.1. The molecule has 1 aliphatic heterocycles. The lowest BCUT2D eigenvalue weighted by Crippen LogP contribution is -2.37. The number of rotatable bonds is 3. The van der Waals surface area contributed by atoms with E-state index >= 15 is 0 Å². The molecule has 0 aliphatic carbocycles. The average Bonchev–Trinajstić information content (AvgIpc) is 2.75. The Morgan fingerprint density at radius 2 is 2.31 bits per heavy atom. The Morgan fingerprint density at radius 3 is 2.94 bits per heavy atom. The number of aryl methyl sites for hydroxylation is 1. The first-order valence-corrected chi connectivity index (χ1v) is 5.76. The number of hydrogen-bond acceptors (Lipinski definition) is 3. The van der Waals surface area contributed by atoms with E-state index in [4.69, 9.17) is 0 Å². The van der Waals surface area contributed by atoms with Crippen LogP contribution in [0.25, 0.3) is 0 Å². The van der Waals surface area contributed by atoms with Gasteiger partial charge in [-0.1, -0.05) is 6.92 Å². The number of aromatic amines is 1. The van der Waals surface area contributed by atoms with Gasteiger partial charge in [-0.05, 0) is 25.8 Å². The van der Waals surface area contributed by atoms with Crippen LogP contribution < -0.4 is 16.6 Å². The van der Waals surface area contributed by atoms with Crippen LogP contribution in [0.1, 0.15) is 25.3 Å². The first-order chi connectivity index (χ1) is 7.70. The molecule has 88 valence electrons. The Balaban J connectivity index is 2.25. The second-order valence-corrected chi connectivity index (χ2v) is 4.21. The van der Waals surface area contributed by atoms with Crippen molar-refractivity contribution in [1.29, 1.82) is 0 Å². The minimum atomic E-state index is -0.309. The fourth-order valence-corrected chi connectivity index (χ4v) is 2.09. The number of aromatic nitrogens is 2. The molecule has 0 amide bonds. The second kappa shape index (κ2) is 4.65. The summed E-state index contributed by atoms with van der Waals surface area (Å²) in [5, 5.41) is 3.33. The van der Waals surface area contributed by atoms with E-state index in [1.165, 1.54) is 0 Å². The van der Waals surface area contributed by atoms with Crippen molar-refractivity contribution >= 4 is 0 Å². The molecule has 1 aliphatic rings. The maximum atomic E-state index is 11.6. The summed E-state index contributed by atoms with van der Waals surface area (Å²) in [6, 6.07) is 0.355. The molecule has 0 bridgehead atoms. The van der Waals surface area contributed by atoms with E-state index < -0.39 is 0 Å². The van der Waals surface area contributed by atoms with Crippen LogP contribution in [0.15, 0.2) is 15.8 Å². The molecule has 0 unspecified atom stereocenters. The highest BCUT2D eigenvalue weighted by Gasteiger charge is 2.15. The van der Waals surface area contributed by atoms with Crippen molar-refractivity contribution in [2.75, 3.05) is 6.54 Å². The fourth-order valence-electron chi connectivity index (χ4n) is 2.09.